The molecule has 1 saturated heterocycles. The number of para-hydroxylation sites is 2. The highest BCUT2D eigenvalue weighted by Gasteiger charge is 2.21. The van der Waals surface area contributed by atoms with Crippen LogP contribution in [0.2, 0.25) is 0 Å². The molecule has 3 N–H and O–H groups in total. The van der Waals surface area contributed by atoms with Gasteiger partial charge in [-0.15, -0.1) is 0 Å². The van der Waals surface area contributed by atoms with Crippen molar-refractivity contribution in [1.29, 1.82) is 0 Å². The first-order valence-corrected chi connectivity index (χ1v) is 7.57. The number of nitrogens with two attached hydrogens (primary N) is 1. The fourth-order valence-electron chi connectivity index (χ4n) is 2.66. The normalized spacial score (nSPS) is 15.6. The smallest absolute Gasteiger partial charge is 0.292 e. The van der Waals surface area contributed by atoms with E-state index in [9.17, 15) is 14.9 Å². The van der Waals surface area contributed by atoms with E-state index in [0.717, 1.165) is 25.9 Å². The SMILES string of the molecule is NCC1CCN(C(=O)CCNc2ccccc2[N+](=O)[O-])CC1. The maximum atomic E-state index is 12.1. The van der Waals surface area contributed by atoms with Crippen molar-refractivity contribution in [2.75, 3.05) is 31.5 Å². The summed E-state index contributed by atoms with van der Waals surface area (Å²) in [5.41, 5.74) is 6.11. The van der Waals surface area contributed by atoms with E-state index < -0.39 is 4.92 Å². The van der Waals surface area contributed by atoms with Crippen LogP contribution in [0.3, 0.4) is 0 Å². The Labute approximate surface area is 129 Å². The monoisotopic (exact) mass is 306 g/mol. The summed E-state index contributed by atoms with van der Waals surface area (Å²) in [4.78, 5) is 24.5. The Kier molecular flexibility index (Phi) is 5.71. The largest absolute Gasteiger partial charge is 0.379 e. The molecule has 7 nitrogen and oxygen atoms in total. The lowest BCUT2D eigenvalue weighted by Crippen LogP contribution is -2.40. The second-order valence-corrected chi connectivity index (χ2v) is 5.51. The Morgan fingerprint density at radius 3 is 2.68 bits per heavy atom. The van der Waals surface area contributed by atoms with E-state index in [-0.39, 0.29) is 11.6 Å². The average molecular weight is 306 g/mol. The fourth-order valence-corrected chi connectivity index (χ4v) is 2.66. The van der Waals surface area contributed by atoms with Crippen molar-refractivity contribution in [2.45, 2.75) is 19.3 Å². The molecule has 1 fully saturated rings. The van der Waals surface area contributed by atoms with Gasteiger partial charge in [0.25, 0.3) is 5.69 Å². The van der Waals surface area contributed by atoms with Gasteiger partial charge in [-0.2, -0.15) is 0 Å². The van der Waals surface area contributed by atoms with Crippen LogP contribution < -0.4 is 11.1 Å². The van der Waals surface area contributed by atoms with Crippen molar-refractivity contribution in [3.05, 3.63) is 34.4 Å². The molecule has 7 heteroatoms. The Hall–Kier alpha value is -2.15. The maximum Gasteiger partial charge on any atom is 0.292 e. The number of rotatable bonds is 6. The van der Waals surface area contributed by atoms with Crippen LogP contribution in [0.1, 0.15) is 19.3 Å². The molecule has 0 unspecified atom stereocenters. The van der Waals surface area contributed by atoms with Crippen LogP contribution in [0.15, 0.2) is 24.3 Å². The van der Waals surface area contributed by atoms with Gasteiger partial charge >= 0.3 is 0 Å². The number of benzene rings is 1. The number of nitrogens with one attached hydrogen (secondary N) is 1. The first-order chi connectivity index (χ1) is 10.6. The van der Waals surface area contributed by atoms with Crippen molar-refractivity contribution in [3.8, 4) is 0 Å². The molecule has 1 heterocycles. The van der Waals surface area contributed by atoms with Crippen LogP contribution in [0.4, 0.5) is 11.4 Å². The number of amides is 1. The first kappa shape index (κ1) is 16.2. The van der Waals surface area contributed by atoms with Crippen LogP contribution in [0.5, 0.6) is 0 Å². The van der Waals surface area contributed by atoms with E-state index in [1.807, 2.05) is 4.90 Å². The zero-order chi connectivity index (χ0) is 15.9. The zero-order valence-corrected chi connectivity index (χ0v) is 12.5. The van der Waals surface area contributed by atoms with E-state index in [0.29, 0.717) is 31.1 Å². The first-order valence-electron chi connectivity index (χ1n) is 7.57. The van der Waals surface area contributed by atoms with Crippen LogP contribution in [0, 0.1) is 16.0 Å². The maximum absolute atomic E-state index is 12.1. The lowest BCUT2D eigenvalue weighted by Gasteiger charge is -2.31. The molecule has 1 aliphatic heterocycles. The zero-order valence-electron chi connectivity index (χ0n) is 12.5. The molecule has 0 aliphatic carbocycles. The Morgan fingerprint density at radius 2 is 2.05 bits per heavy atom. The van der Waals surface area contributed by atoms with Gasteiger partial charge in [-0.1, -0.05) is 12.1 Å². The highest BCUT2D eigenvalue weighted by Crippen LogP contribution is 2.23. The predicted octanol–water partition coefficient (Wildman–Crippen LogP) is 1.59. The average Bonchev–Trinajstić information content (AvgIpc) is 2.55. The van der Waals surface area contributed by atoms with Gasteiger partial charge < -0.3 is 16.0 Å². The lowest BCUT2D eigenvalue weighted by molar-refractivity contribution is -0.384. The number of carbonyl (C=O) groups excluding carboxylic acids is 1. The van der Waals surface area contributed by atoms with E-state index in [1.165, 1.54) is 6.07 Å². The van der Waals surface area contributed by atoms with E-state index in [2.05, 4.69) is 5.32 Å². The van der Waals surface area contributed by atoms with Gasteiger partial charge in [-0.05, 0) is 31.4 Å². The summed E-state index contributed by atoms with van der Waals surface area (Å²) in [6.07, 6.45) is 2.25. The lowest BCUT2D eigenvalue weighted by atomic mass is 9.97. The molecule has 0 spiro atoms. The molecular formula is C15H22N4O3. The van der Waals surface area contributed by atoms with E-state index >= 15 is 0 Å². The third kappa shape index (κ3) is 4.17. The number of carbonyl (C=O) groups is 1. The third-order valence-electron chi connectivity index (χ3n) is 4.06. The number of nitro benzene ring substituents is 1. The number of piperidine rings is 1. The summed E-state index contributed by atoms with van der Waals surface area (Å²) in [6.45, 7) is 2.58. The quantitative estimate of drug-likeness (QED) is 0.614. The Morgan fingerprint density at radius 1 is 1.36 bits per heavy atom. The number of hydrogen-bond acceptors (Lipinski definition) is 5. The molecule has 1 aromatic rings. The van der Waals surface area contributed by atoms with Crippen LogP contribution in [-0.4, -0.2) is 41.9 Å². The molecule has 120 valence electrons. The molecule has 1 amide bonds. The highest BCUT2D eigenvalue weighted by atomic mass is 16.6. The molecule has 1 aliphatic rings. The molecule has 0 bridgehead atoms. The standard InChI is InChI=1S/C15H22N4O3/c16-11-12-6-9-18(10-7-12)15(20)5-8-17-13-3-1-2-4-14(13)19(21)22/h1-4,12,17H,5-11,16H2. The fraction of sp³-hybridized carbons (Fsp3) is 0.533. The molecule has 1 aromatic carbocycles. The number of nitrogens with zero attached hydrogens (tertiary/aromatic N) is 2. The number of anilines is 1. The molecule has 0 atom stereocenters. The number of nitro groups is 1. The Bertz CT molecular complexity index is 527. The summed E-state index contributed by atoms with van der Waals surface area (Å²) < 4.78 is 0. The topological polar surface area (TPSA) is 102 Å². The minimum absolute atomic E-state index is 0.0266. The van der Waals surface area contributed by atoms with Gasteiger partial charge in [-0.3, -0.25) is 14.9 Å². The van der Waals surface area contributed by atoms with Crippen molar-refractivity contribution in [2.24, 2.45) is 11.7 Å². The van der Waals surface area contributed by atoms with E-state index in [1.54, 1.807) is 18.2 Å². The van der Waals surface area contributed by atoms with Crippen LogP contribution in [0.25, 0.3) is 0 Å². The molecule has 0 saturated carbocycles. The molecular weight excluding hydrogens is 284 g/mol. The van der Waals surface area contributed by atoms with Gasteiger partial charge in [-0.25, -0.2) is 0 Å². The van der Waals surface area contributed by atoms with Crippen LogP contribution in [-0.2, 0) is 4.79 Å². The van der Waals surface area contributed by atoms with Gasteiger partial charge in [0.1, 0.15) is 5.69 Å². The molecule has 2 rings (SSSR count). The number of likely N-dealkylation sites (tertiary alicyclic amines) is 1. The number of hydrogen-bond donors (Lipinski definition) is 2. The summed E-state index contributed by atoms with van der Waals surface area (Å²) in [5, 5.41) is 13.9. The molecule has 0 radical (unpaired) electrons. The second kappa shape index (κ2) is 7.74. The van der Waals surface area contributed by atoms with Gasteiger partial charge in [0.05, 0.1) is 4.92 Å². The summed E-state index contributed by atoms with van der Waals surface area (Å²) in [7, 11) is 0. The minimum atomic E-state index is -0.429. The molecule has 0 aromatic heterocycles. The van der Waals surface area contributed by atoms with Gasteiger partial charge in [0.15, 0.2) is 0 Å². The van der Waals surface area contributed by atoms with E-state index in [4.69, 9.17) is 5.73 Å². The van der Waals surface area contributed by atoms with Crippen molar-refractivity contribution < 1.29 is 9.72 Å². The third-order valence-corrected chi connectivity index (χ3v) is 4.06. The molecule has 22 heavy (non-hydrogen) atoms. The summed E-state index contributed by atoms with van der Waals surface area (Å²) in [5.74, 6) is 0.607. The van der Waals surface area contributed by atoms with Crippen molar-refractivity contribution >= 4 is 17.3 Å². The summed E-state index contributed by atoms with van der Waals surface area (Å²) in [6, 6.07) is 6.45. The van der Waals surface area contributed by atoms with Crippen molar-refractivity contribution in [1.82, 2.24) is 4.90 Å². The predicted molar refractivity (Wildman–Crippen MR) is 84.6 cm³/mol. The van der Waals surface area contributed by atoms with Gasteiger partial charge in [0, 0.05) is 32.1 Å². The van der Waals surface area contributed by atoms with Gasteiger partial charge in [0.2, 0.25) is 5.91 Å². The summed E-state index contributed by atoms with van der Waals surface area (Å²) >= 11 is 0. The highest BCUT2D eigenvalue weighted by molar-refractivity contribution is 5.77. The van der Waals surface area contributed by atoms with Crippen LogP contribution >= 0.6 is 0 Å². The van der Waals surface area contributed by atoms with Crippen molar-refractivity contribution in [3.63, 3.8) is 0 Å². The Balaban J connectivity index is 1.79. The second-order valence-electron chi connectivity index (χ2n) is 5.51. The minimum Gasteiger partial charge on any atom is -0.379 e.